The number of aliphatic hydroxyl groups is 1. The van der Waals surface area contributed by atoms with Gasteiger partial charge in [0.2, 0.25) is 5.91 Å². The summed E-state index contributed by atoms with van der Waals surface area (Å²) in [7, 11) is 0. The van der Waals surface area contributed by atoms with Crippen LogP contribution in [-0.4, -0.2) is 67.5 Å². The third-order valence-electron chi connectivity index (χ3n) is 4.73. The normalized spacial score (nSPS) is 22.5. The first-order valence-corrected chi connectivity index (χ1v) is 8.79. The molecule has 6 heteroatoms. The van der Waals surface area contributed by atoms with Gasteiger partial charge in [0.15, 0.2) is 0 Å². The van der Waals surface area contributed by atoms with Crippen molar-refractivity contribution >= 4 is 17.3 Å². The van der Waals surface area contributed by atoms with Crippen LogP contribution in [0.25, 0.3) is 0 Å². The first-order chi connectivity index (χ1) is 11.6. The molecule has 1 atom stereocenters. The third-order valence-corrected chi connectivity index (χ3v) is 4.73. The lowest BCUT2D eigenvalue weighted by Crippen LogP contribution is -2.46. The van der Waals surface area contributed by atoms with E-state index >= 15 is 0 Å². The second-order valence-corrected chi connectivity index (χ2v) is 6.61. The number of para-hydroxylation sites is 2. The number of carbonyl (C=O) groups is 1. The highest BCUT2D eigenvalue weighted by atomic mass is 16.5. The molecule has 0 bridgehead atoms. The van der Waals surface area contributed by atoms with Crippen LogP contribution in [0.2, 0.25) is 0 Å². The lowest BCUT2D eigenvalue weighted by atomic mass is 10.1. The average Bonchev–Trinajstić information content (AvgIpc) is 2.61. The number of carbonyl (C=O) groups excluding carboxylic acids is 1. The summed E-state index contributed by atoms with van der Waals surface area (Å²) in [5.74, 6) is 0.106. The van der Waals surface area contributed by atoms with Gasteiger partial charge in [-0.3, -0.25) is 4.79 Å². The summed E-state index contributed by atoms with van der Waals surface area (Å²) in [4.78, 5) is 16.5. The third kappa shape index (κ3) is 4.19. The number of piperidine rings is 1. The molecule has 1 amide bonds. The van der Waals surface area contributed by atoms with Crippen molar-refractivity contribution in [2.24, 2.45) is 0 Å². The lowest BCUT2D eigenvalue weighted by Gasteiger charge is -2.33. The van der Waals surface area contributed by atoms with Gasteiger partial charge in [0, 0.05) is 26.2 Å². The Labute approximate surface area is 143 Å². The highest BCUT2D eigenvalue weighted by Crippen LogP contribution is 2.28. The molecule has 2 aliphatic heterocycles. The molecular weight excluding hydrogens is 306 g/mol. The van der Waals surface area contributed by atoms with Crippen molar-refractivity contribution in [3.8, 4) is 0 Å². The minimum Gasteiger partial charge on any atom is -0.393 e. The van der Waals surface area contributed by atoms with Gasteiger partial charge in [0.1, 0.15) is 0 Å². The zero-order valence-electron chi connectivity index (χ0n) is 14.3. The van der Waals surface area contributed by atoms with E-state index in [0.717, 1.165) is 37.3 Å². The molecule has 1 aromatic carbocycles. The van der Waals surface area contributed by atoms with Gasteiger partial charge in [0.05, 0.1) is 36.7 Å². The summed E-state index contributed by atoms with van der Waals surface area (Å²) in [5, 5.41) is 13.0. The highest BCUT2D eigenvalue weighted by molar-refractivity contribution is 5.83. The van der Waals surface area contributed by atoms with Gasteiger partial charge in [-0.2, -0.15) is 0 Å². The standard InChI is InChI=1S/C18H27N3O3/c1-14-13-21(10-11-24-14)18(23)12-19-16-4-2-3-5-17(16)20-8-6-15(22)7-9-20/h2-5,14-15,19,22H,6-13H2,1H3/t14-/m0/s1. The molecule has 2 fully saturated rings. The summed E-state index contributed by atoms with van der Waals surface area (Å²) >= 11 is 0. The monoisotopic (exact) mass is 333 g/mol. The van der Waals surface area contributed by atoms with Gasteiger partial charge in [-0.05, 0) is 31.9 Å². The van der Waals surface area contributed by atoms with Gasteiger partial charge >= 0.3 is 0 Å². The number of aliphatic hydroxyl groups excluding tert-OH is 1. The van der Waals surface area contributed by atoms with Crippen LogP contribution >= 0.6 is 0 Å². The topological polar surface area (TPSA) is 65.0 Å². The Bertz CT molecular complexity index is 558. The Morgan fingerprint density at radius 2 is 2.04 bits per heavy atom. The van der Waals surface area contributed by atoms with Gasteiger partial charge in [-0.1, -0.05) is 12.1 Å². The summed E-state index contributed by atoms with van der Waals surface area (Å²) in [6.07, 6.45) is 1.50. The van der Waals surface area contributed by atoms with Crippen LogP contribution in [0.4, 0.5) is 11.4 Å². The van der Waals surface area contributed by atoms with E-state index in [9.17, 15) is 9.90 Å². The molecule has 132 valence electrons. The molecule has 0 spiro atoms. The van der Waals surface area contributed by atoms with E-state index < -0.39 is 0 Å². The molecule has 0 saturated carbocycles. The lowest BCUT2D eigenvalue weighted by molar-refractivity contribution is -0.136. The number of ether oxygens (including phenoxy) is 1. The van der Waals surface area contributed by atoms with E-state index in [-0.39, 0.29) is 18.1 Å². The van der Waals surface area contributed by atoms with Crippen molar-refractivity contribution < 1.29 is 14.6 Å². The van der Waals surface area contributed by atoms with Crippen molar-refractivity contribution in [3.05, 3.63) is 24.3 Å². The number of benzene rings is 1. The zero-order valence-corrected chi connectivity index (χ0v) is 14.3. The Kier molecular flexibility index (Phi) is 5.58. The number of hydrogen-bond donors (Lipinski definition) is 2. The van der Waals surface area contributed by atoms with Crippen LogP contribution in [0.1, 0.15) is 19.8 Å². The zero-order chi connectivity index (χ0) is 16.9. The quantitative estimate of drug-likeness (QED) is 0.870. The van der Waals surface area contributed by atoms with Crippen molar-refractivity contribution in [1.82, 2.24) is 4.90 Å². The molecule has 2 N–H and O–H groups in total. The molecule has 0 radical (unpaired) electrons. The molecule has 6 nitrogen and oxygen atoms in total. The molecule has 0 aromatic heterocycles. The van der Waals surface area contributed by atoms with Gasteiger partial charge in [0.25, 0.3) is 0 Å². The molecule has 2 heterocycles. The van der Waals surface area contributed by atoms with E-state index in [1.165, 1.54) is 0 Å². The van der Waals surface area contributed by atoms with E-state index in [1.54, 1.807) is 0 Å². The average molecular weight is 333 g/mol. The maximum Gasteiger partial charge on any atom is 0.242 e. The van der Waals surface area contributed by atoms with Crippen molar-refractivity contribution in [2.45, 2.75) is 32.0 Å². The molecule has 2 aliphatic rings. The molecule has 0 aliphatic carbocycles. The first-order valence-electron chi connectivity index (χ1n) is 8.79. The van der Waals surface area contributed by atoms with Gasteiger partial charge in [-0.25, -0.2) is 0 Å². The van der Waals surface area contributed by atoms with Crippen LogP contribution in [0.3, 0.4) is 0 Å². The van der Waals surface area contributed by atoms with Crippen LogP contribution in [0.15, 0.2) is 24.3 Å². The molecule has 3 rings (SSSR count). The predicted octanol–water partition coefficient (Wildman–Crippen LogP) is 1.31. The Morgan fingerprint density at radius 3 is 2.79 bits per heavy atom. The number of morpholine rings is 1. The Balaban J connectivity index is 1.60. The number of rotatable bonds is 4. The van der Waals surface area contributed by atoms with E-state index in [0.29, 0.717) is 26.2 Å². The van der Waals surface area contributed by atoms with Crippen LogP contribution in [0.5, 0.6) is 0 Å². The van der Waals surface area contributed by atoms with Crippen LogP contribution in [-0.2, 0) is 9.53 Å². The molecule has 0 unspecified atom stereocenters. The molecule has 2 saturated heterocycles. The van der Waals surface area contributed by atoms with Gasteiger partial charge in [-0.15, -0.1) is 0 Å². The second kappa shape index (κ2) is 7.85. The predicted molar refractivity (Wildman–Crippen MR) is 94.4 cm³/mol. The van der Waals surface area contributed by atoms with Crippen LogP contribution < -0.4 is 10.2 Å². The minimum absolute atomic E-state index is 0.106. The Hall–Kier alpha value is -1.79. The van der Waals surface area contributed by atoms with E-state index in [1.807, 2.05) is 30.0 Å². The summed E-state index contributed by atoms with van der Waals surface area (Å²) in [6, 6.07) is 8.07. The summed E-state index contributed by atoms with van der Waals surface area (Å²) < 4.78 is 5.49. The maximum atomic E-state index is 12.4. The number of amides is 1. The fraction of sp³-hybridized carbons (Fsp3) is 0.611. The van der Waals surface area contributed by atoms with E-state index in [2.05, 4.69) is 16.3 Å². The highest BCUT2D eigenvalue weighted by Gasteiger charge is 2.22. The number of nitrogens with zero attached hydrogens (tertiary/aromatic N) is 2. The molecule has 24 heavy (non-hydrogen) atoms. The summed E-state index contributed by atoms with van der Waals surface area (Å²) in [6.45, 7) is 5.90. The minimum atomic E-state index is -0.189. The summed E-state index contributed by atoms with van der Waals surface area (Å²) in [5.41, 5.74) is 2.08. The van der Waals surface area contributed by atoms with Crippen molar-refractivity contribution in [3.63, 3.8) is 0 Å². The first kappa shape index (κ1) is 17.0. The van der Waals surface area contributed by atoms with Crippen LogP contribution in [0, 0.1) is 0 Å². The number of anilines is 2. The van der Waals surface area contributed by atoms with Crippen molar-refractivity contribution in [2.75, 3.05) is 49.5 Å². The number of hydrogen-bond acceptors (Lipinski definition) is 5. The van der Waals surface area contributed by atoms with Crippen molar-refractivity contribution in [1.29, 1.82) is 0 Å². The molecular formula is C18H27N3O3. The SMILES string of the molecule is C[C@H]1CN(C(=O)CNc2ccccc2N2CCC(O)CC2)CCO1. The molecule has 1 aromatic rings. The smallest absolute Gasteiger partial charge is 0.242 e. The fourth-order valence-corrected chi connectivity index (χ4v) is 3.33. The number of nitrogens with one attached hydrogen (secondary N) is 1. The maximum absolute atomic E-state index is 12.4. The largest absolute Gasteiger partial charge is 0.393 e. The van der Waals surface area contributed by atoms with E-state index in [4.69, 9.17) is 4.74 Å². The Morgan fingerprint density at radius 1 is 1.29 bits per heavy atom. The van der Waals surface area contributed by atoms with Gasteiger partial charge < -0.3 is 25.0 Å². The fourth-order valence-electron chi connectivity index (χ4n) is 3.33. The second-order valence-electron chi connectivity index (χ2n) is 6.61.